The molecule has 3 aromatic rings. The molecular formula is C18H17N5O2. The van der Waals surface area contributed by atoms with Gasteiger partial charge in [0.2, 0.25) is 0 Å². The smallest absolute Gasteiger partial charge is 0.255 e. The van der Waals surface area contributed by atoms with Gasteiger partial charge in [-0.3, -0.25) is 9.59 Å². The molecule has 7 nitrogen and oxygen atoms in total. The van der Waals surface area contributed by atoms with Gasteiger partial charge in [-0.05, 0) is 48.5 Å². The third-order valence-electron chi connectivity index (χ3n) is 3.74. The number of carbonyl (C=O) groups is 2. The molecule has 126 valence electrons. The van der Waals surface area contributed by atoms with Crippen molar-refractivity contribution < 1.29 is 9.59 Å². The maximum atomic E-state index is 12.5. The third-order valence-corrected chi connectivity index (χ3v) is 3.74. The molecule has 3 rings (SSSR count). The summed E-state index contributed by atoms with van der Waals surface area (Å²) in [4.78, 5) is 24.0. The number of anilines is 1. The first kappa shape index (κ1) is 16.5. The summed E-state index contributed by atoms with van der Waals surface area (Å²) in [6, 6.07) is 13.9. The van der Waals surface area contributed by atoms with E-state index in [4.69, 9.17) is 0 Å². The van der Waals surface area contributed by atoms with Crippen molar-refractivity contribution >= 4 is 17.4 Å². The molecule has 7 heteroatoms. The van der Waals surface area contributed by atoms with Gasteiger partial charge in [0.15, 0.2) is 11.6 Å². The van der Waals surface area contributed by atoms with Crippen molar-refractivity contribution in [3.63, 3.8) is 0 Å². The quantitative estimate of drug-likeness (QED) is 0.724. The van der Waals surface area contributed by atoms with Crippen LogP contribution in [0.5, 0.6) is 0 Å². The molecule has 1 amide bonds. The molecule has 0 saturated heterocycles. The van der Waals surface area contributed by atoms with Crippen LogP contribution >= 0.6 is 0 Å². The lowest BCUT2D eigenvalue weighted by atomic mass is 10.1. The molecule has 1 aromatic heterocycles. The molecule has 0 aliphatic carbocycles. The van der Waals surface area contributed by atoms with E-state index in [2.05, 4.69) is 20.8 Å². The Bertz CT molecular complexity index is 932. The first-order chi connectivity index (χ1) is 12.1. The zero-order valence-corrected chi connectivity index (χ0v) is 13.9. The Labute approximate surface area is 144 Å². The third kappa shape index (κ3) is 3.60. The highest BCUT2D eigenvalue weighted by atomic mass is 16.1. The molecule has 0 fully saturated rings. The van der Waals surface area contributed by atoms with Crippen LogP contribution in [0.3, 0.4) is 0 Å². The van der Waals surface area contributed by atoms with E-state index < -0.39 is 0 Å². The minimum atomic E-state index is -0.266. The molecule has 0 unspecified atom stereocenters. The molecule has 0 radical (unpaired) electrons. The van der Waals surface area contributed by atoms with Crippen molar-refractivity contribution in [2.75, 3.05) is 5.32 Å². The van der Waals surface area contributed by atoms with Gasteiger partial charge in [-0.15, -0.1) is 5.10 Å². The van der Waals surface area contributed by atoms with Crippen LogP contribution in [0.15, 0.2) is 48.5 Å². The summed E-state index contributed by atoms with van der Waals surface area (Å²) < 4.78 is 1.66. The normalized spacial score (nSPS) is 10.5. The second-order valence-electron chi connectivity index (χ2n) is 5.49. The summed E-state index contributed by atoms with van der Waals surface area (Å²) in [6.45, 7) is 4.07. The minimum Gasteiger partial charge on any atom is -0.322 e. The number of rotatable bonds is 5. The molecule has 1 heterocycles. The van der Waals surface area contributed by atoms with E-state index in [-0.39, 0.29) is 11.7 Å². The Morgan fingerprint density at radius 3 is 2.60 bits per heavy atom. The standard InChI is InChI=1S/C18H17N5O2/c1-3-23-17(20-21-22-23)14-7-4-8-15(10-14)18(25)19-16-9-5-6-13(11-16)12(2)24/h4-11H,3H2,1-2H3,(H,19,25). The Morgan fingerprint density at radius 1 is 1.08 bits per heavy atom. The molecule has 0 spiro atoms. The van der Waals surface area contributed by atoms with Gasteiger partial charge >= 0.3 is 0 Å². The molecule has 2 aromatic carbocycles. The second-order valence-corrected chi connectivity index (χ2v) is 5.49. The maximum absolute atomic E-state index is 12.5. The lowest BCUT2D eigenvalue weighted by molar-refractivity contribution is 0.101. The summed E-state index contributed by atoms with van der Waals surface area (Å²) in [7, 11) is 0. The number of aryl methyl sites for hydroxylation is 1. The van der Waals surface area contributed by atoms with Gasteiger partial charge in [-0.2, -0.15) is 0 Å². The van der Waals surface area contributed by atoms with Gasteiger partial charge in [0.1, 0.15) is 0 Å². The fraction of sp³-hybridized carbons (Fsp3) is 0.167. The SMILES string of the molecule is CCn1nnnc1-c1cccc(C(=O)Nc2cccc(C(C)=O)c2)c1. The summed E-state index contributed by atoms with van der Waals surface area (Å²) in [5, 5.41) is 14.4. The average molecular weight is 335 g/mol. The predicted molar refractivity (Wildman–Crippen MR) is 93.3 cm³/mol. The predicted octanol–water partition coefficient (Wildman–Crippen LogP) is 2.81. The number of carbonyl (C=O) groups excluding carboxylic acids is 2. The molecule has 0 bridgehead atoms. The summed E-state index contributed by atoms with van der Waals surface area (Å²) in [5.74, 6) is 0.290. The zero-order chi connectivity index (χ0) is 17.8. The van der Waals surface area contributed by atoms with Crippen LogP contribution in [-0.2, 0) is 6.54 Å². The second kappa shape index (κ2) is 7.04. The number of ketones is 1. The van der Waals surface area contributed by atoms with Gasteiger partial charge in [0, 0.05) is 28.9 Å². The van der Waals surface area contributed by atoms with Crippen molar-refractivity contribution in [3.8, 4) is 11.4 Å². The number of hydrogen-bond donors (Lipinski definition) is 1. The number of benzene rings is 2. The lowest BCUT2D eigenvalue weighted by Crippen LogP contribution is -2.12. The van der Waals surface area contributed by atoms with Crippen molar-refractivity contribution in [2.24, 2.45) is 0 Å². The number of aromatic nitrogens is 4. The topological polar surface area (TPSA) is 89.8 Å². The number of Topliss-reactive ketones (excluding diaryl/α,β-unsaturated/α-hetero) is 1. The first-order valence-corrected chi connectivity index (χ1v) is 7.87. The van der Waals surface area contributed by atoms with Crippen molar-refractivity contribution in [1.29, 1.82) is 0 Å². The Kier molecular flexibility index (Phi) is 4.65. The van der Waals surface area contributed by atoms with Gasteiger partial charge < -0.3 is 5.32 Å². The van der Waals surface area contributed by atoms with Crippen LogP contribution in [0.25, 0.3) is 11.4 Å². The largest absolute Gasteiger partial charge is 0.322 e. The summed E-state index contributed by atoms with van der Waals surface area (Å²) >= 11 is 0. The average Bonchev–Trinajstić information content (AvgIpc) is 3.11. The molecular weight excluding hydrogens is 318 g/mol. The van der Waals surface area contributed by atoms with E-state index in [0.29, 0.717) is 29.2 Å². The van der Waals surface area contributed by atoms with Crippen LogP contribution in [-0.4, -0.2) is 31.9 Å². The highest BCUT2D eigenvalue weighted by molar-refractivity contribution is 6.05. The van der Waals surface area contributed by atoms with E-state index in [1.54, 1.807) is 47.1 Å². The van der Waals surface area contributed by atoms with Crippen LogP contribution < -0.4 is 5.32 Å². The van der Waals surface area contributed by atoms with E-state index in [0.717, 1.165) is 5.56 Å². The van der Waals surface area contributed by atoms with Crippen molar-refractivity contribution in [3.05, 3.63) is 59.7 Å². The van der Waals surface area contributed by atoms with Gasteiger partial charge in [-0.1, -0.05) is 24.3 Å². The summed E-state index contributed by atoms with van der Waals surface area (Å²) in [6.07, 6.45) is 0. The van der Waals surface area contributed by atoms with Crippen molar-refractivity contribution in [2.45, 2.75) is 20.4 Å². The van der Waals surface area contributed by atoms with Crippen LogP contribution in [0.1, 0.15) is 34.6 Å². The van der Waals surface area contributed by atoms with Crippen LogP contribution in [0.2, 0.25) is 0 Å². The van der Waals surface area contributed by atoms with Crippen LogP contribution in [0, 0.1) is 0 Å². The maximum Gasteiger partial charge on any atom is 0.255 e. The number of amides is 1. The number of tetrazole rings is 1. The van der Waals surface area contributed by atoms with Crippen molar-refractivity contribution in [1.82, 2.24) is 20.2 Å². The van der Waals surface area contributed by atoms with E-state index in [1.807, 2.05) is 13.0 Å². The Morgan fingerprint density at radius 2 is 1.84 bits per heavy atom. The van der Waals surface area contributed by atoms with E-state index in [9.17, 15) is 9.59 Å². The minimum absolute atomic E-state index is 0.0514. The number of hydrogen-bond acceptors (Lipinski definition) is 5. The zero-order valence-electron chi connectivity index (χ0n) is 13.9. The molecule has 25 heavy (non-hydrogen) atoms. The fourth-order valence-electron chi connectivity index (χ4n) is 2.44. The highest BCUT2D eigenvalue weighted by Gasteiger charge is 2.12. The highest BCUT2D eigenvalue weighted by Crippen LogP contribution is 2.19. The van der Waals surface area contributed by atoms with Gasteiger partial charge in [0.05, 0.1) is 0 Å². The lowest BCUT2D eigenvalue weighted by Gasteiger charge is -2.08. The Balaban J connectivity index is 1.85. The van der Waals surface area contributed by atoms with Gasteiger partial charge in [0.25, 0.3) is 5.91 Å². The molecule has 0 saturated carbocycles. The molecule has 1 N–H and O–H groups in total. The van der Waals surface area contributed by atoms with E-state index in [1.165, 1.54) is 6.92 Å². The summed E-state index contributed by atoms with van der Waals surface area (Å²) in [5.41, 5.74) is 2.36. The Hall–Kier alpha value is -3.35. The number of nitrogens with zero attached hydrogens (tertiary/aromatic N) is 4. The number of nitrogens with one attached hydrogen (secondary N) is 1. The monoisotopic (exact) mass is 335 g/mol. The fourth-order valence-corrected chi connectivity index (χ4v) is 2.44. The molecule has 0 aliphatic heterocycles. The first-order valence-electron chi connectivity index (χ1n) is 7.87. The molecule has 0 aliphatic rings. The molecule has 0 atom stereocenters. The van der Waals surface area contributed by atoms with E-state index >= 15 is 0 Å². The van der Waals surface area contributed by atoms with Gasteiger partial charge in [-0.25, -0.2) is 4.68 Å². The van der Waals surface area contributed by atoms with Crippen LogP contribution in [0.4, 0.5) is 5.69 Å².